The second-order valence-electron chi connectivity index (χ2n) is 15.2. The van der Waals surface area contributed by atoms with E-state index in [0.29, 0.717) is 12.8 Å². The molecular formula is C43H78O10. The molecule has 5 N–H and O–H groups in total. The second kappa shape index (κ2) is 30.4. The SMILES string of the molecule is CCCCCCCC/C=C\CCCCCCCC(=O)O[C@]1(O)[C@@H](O)[C@H](O)[C@@H](CO)OC1(O)OC(=O)C(C)CCCCCC/C=C\CCCCCCCC. The van der Waals surface area contributed by atoms with Gasteiger partial charge in [-0.15, -0.1) is 0 Å². The lowest BCUT2D eigenvalue weighted by atomic mass is 9.93. The molecule has 1 heterocycles. The normalized spacial score (nSPS) is 23.9. The average Bonchev–Trinajstić information content (AvgIpc) is 3.14. The topological polar surface area (TPSA) is 163 Å². The van der Waals surface area contributed by atoms with Gasteiger partial charge >= 0.3 is 23.7 Å². The van der Waals surface area contributed by atoms with Gasteiger partial charge in [-0.3, -0.25) is 9.59 Å². The van der Waals surface area contributed by atoms with Crippen LogP contribution in [0.5, 0.6) is 0 Å². The number of carbonyl (C=O) groups excluding carboxylic acids is 2. The van der Waals surface area contributed by atoms with Crippen molar-refractivity contribution in [1.82, 2.24) is 0 Å². The molecule has 0 amide bonds. The molecule has 1 rings (SSSR count). The van der Waals surface area contributed by atoms with E-state index in [1.807, 2.05) is 0 Å². The van der Waals surface area contributed by atoms with Crippen molar-refractivity contribution in [3.8, 4) is 0 Å². The Morgan fingerprint density at radius 2 is 1.06 bits per heavy atom. The number of aliphatic hydroxyl groups is 5. The molecule has 10 heteroatoms. The molecule has 0 radical (unpaired) electrons. The zero-order valence-electron chi connectivity index (χ0n) is 33.7. The minimum absolute atomic E-state index is 0.137. The number of hydrogen-bond acceptors (Lipinski definition) is 10. The zero-order chi connectivity index (χ0) is 39.2. The second-order valence-corrected chi connectivity index (χ2v) is 15.2. The summed E-state index contributed by atoms with van der Waals surface area (Å²) in [6.07, 6.45) is 31.1. The lowest BCUT2D eigenvalue weighted by molar-refractivity contribution is -0.511. The van der Waals surface area contributed by atoms with Crippen LogP contribution in [-0.2, 0) is 23.8 Å². The standard InChI is InChI=1S/C43H78O10/c1-4-6-8-10-12-14-16-18-20-22-24-26-28-30-32-34-38(45)52-42(49)40(47)39(46)37(35-44)51-43(42,50)53-41(48)36(3)33-31-29-27-25-23-21-19-17-15-13-11-9-7-5-2/h18-21,36-37,39-40,44,46-47,49-50H,4-17,22-35H2,1-3H3/b20-18-,21-19-/t36?,37-,39-,40+,42-,43?/m1/s1. The molecule has 1 fully saturated rings. The van der Waals surface area contributed by atoms with Crippen molar-refractivity contribution in [2.45, 2.75) is 224 Å². The summed E-state index contributed by atoms with van der Waals surface area (Å²) in [6, 6.07) is 0. The Hall–Kier alpha value is -1.82. The lowest BCUT2D eigenvalue weighted by Crippen LogP contribution is -2.75. The predicted octanol–water partition coefficient (Wildman–Crippen LogP) is 8.84. The van der Waals surface area contributed by atoms with E-state index in [1.165, 1.54) is 77.0 Å². The van der Waals surface area contributed by atoms with E-state index in [9.17, 15) is 35.1 Å². The summed E-state index contributed by atoms with van der Waals surface area (Å²) in [4.78, 5) is 25.8. The van der Waals surface area contributed by atoms with Crippen molar-refractivity contribution in [2.24, 2.45) is 5.92 Å². The van der Waals surface area contributed by atoms with Gasteiger partial charge in [0.2, 0.25) is 0 Å². The van der Waals surface area contributed by atoms with E-state index in [2.05, 4.69) is 38.2 Å². The molecule has 0 saturated carbocycles. The number of allylic oxidation sites excluding steroid dienone is 4. The largest absolute Gasteiger partial charge is 0.420 e. The van der Waals surface area contributed by atoms with Gasteiger partial charge in [0.05, 0.1) is 12.5 Å². The number of hydrogen-bond donors (Lipinski definition) is 5. The summed E-state index contributed by atoms with van der Waals surface area (Å²) in [7, 11) is 0. The molecule has 1 aliphatic rings. The summed E-state index contributed by atoms with van der Waals surface area (Å²) < 4.78 is 15.5. The van der Waals surface area contributed by atoms with Crippen LogP contribution >= 0.6 is 0 Å². The molecule has 0 spiro atoms. The van der Waals surface area contributed by atoms with Gasteiger partial charge < -0.3 is 39.7 Å². The molecule has 0 bridgehead atoms. The van der Waals surface area contributed by atoms with Gasteiger partial charge in [-0.2, -0.15) is 0 Å². The summed E-state index contributed by atoms with van der Waals surface area (Å²) in [5, 5.41) is 53.4. The average molecular weight is 755 g/mol. The van der Waals surface area contributed by atoms with Crippen LogP contribution in [0, 0.1) is 5.92 Å². The molecular weight excluding hydrogens is 676 g/mol. The first-order valence-corrected chi connectivity index (χ1v) is 21.4. The Morgan fingerprint density at radius 1 is 0.642 bits per heavy atom. The smallest absolute Gasteiger partial charge is 0.399 e. The third-order valence-corrected chi connectivity index (χ3v) is 10.3. The summed E-state index contributed by atoms with van der Waals surface area (Å²) >= 11 is 0. The molecule has 0 aliphatic carbocycles. The number of rotatable bonds is 33. The maximum atomic E-state index is 13.0. The van der Waals surface area contributed by atoms with Gasteiger partial charge in [-0.05, 0) is 64.2 Å². The Kier molecular flexibility index (Phi) is 28.2. The Morgan fingerprint density at radius 3 is 1.51 bits per heavy atom. The third-order valence-electron chi connectivity index (χ3n) is 10.3. The first-order valence-electron chi connectivity index (χ1n) is 21.4. The summed E-state index contributed by atoms with van der Waals surface area (Å²) in [5.74, 6) is -9.31. The van der Waals surface area contributed by atoms with Crippen LogP contribution in [0.3, 0.4) is 0 Å². The fraction of sp³-hybridized carbons (Fsp3) is 0.860. The van der Waals surface area contributed by atoms with Crippen LogP contribution in [0.25, 0.3) is 0 Å². The van der Waals surface area contributed by atoms with Crippen LogP contribution in [0.15, 0.2) is 24.3 Å². The van der Waals surface area contributed by atoms with Crippen LogP contribution in [0.2, 0.25) is 0 Å². The Balaban J connectivity index is 2.45. The molecule has 53 heavy (non-hydrogen) atoms. The van der Waals surface area contributed by atoms with Gasteiger partial charge in [0.1, 0.15) is 12.2 Å². The molecule has 10 nitrogen and oxygen atoms in total. The highest BCUT2D eigenvalue weighted by atomic mass is 16.9. The number of aliphatic hydroxyl groups excluding tert-OH is 3. The first kappa shape index (κ1) is 49.2. The molecule has 2 unspecified atom stereocenters. The fourth-order valence-corrected chi connectivity index (χ4v) is 6.61. The van der Waals surface area contributed by atoms with Gasteiger partial charge in [0.15, 0.2) is 6.10 Å². The van der Waals surface area contributed by atoms with Crippen molar-refractivity contribution in [3.63, 3.8) is 0 Å². The number of carbonyl (C=O) groups is 2. The number of ether oxygens (including phenoxy) is 3. The van der Waals surface area contributed by atoms with E-state index >= 15 is 0 Å². The highest BCUT2D eigenvalue weighted by molar-refractivity contribution is 5.73. The van der Waals surface area contributed by atoms with E-state index < -0.39 is 54.5 Å². The van der Waals surface area contributed by atoms with Gasteiger partial charge in [-0.1, -0.05) is 148 Å². The Bertz CT molecular complexity index is 986. The van der Waals surface area contributed by atoms with E-state index in [-0.39, 0.29) is 6.42 Å². The van der Waals surface area contributed by atoms with Crippen molar-refractivity contribution in [2.75, 3.05) is 6.61 Å². The van der Waals surface area contributed by atoms with E-state index in [1.54, 1.807) is 6.92 Å². The monoisotopic (exact) mass is 755 g/mol. The van der Waals surface area contributed by atoms with Gasteiger partial charge in [0.25, 0.3) is 0 Å². The summed E-state index contributed by atoms with van der Waals surface area (Å²) in [6.45, 7) is 5.19. The van der Waals surface area contributed by atoms with Gasteiger partial charge in [0, 0.05) is 6.42 Å². The lowest BCUT2D eigenvalue weighted by Gasteiger charge is -2.49. The minimum Gasteiger partial charge on any atom is -0.420 e. The molecule has 0 aromatic carbocycles. The predicted molar refractivity (Wildman–Crippen MR) is 210 cm³/mol. The maximum Gasteiger partial charge on any atom is 0.399 e. The molecule has 6 atom stereocenters. The Labute approximate surface area is 321 Å². The number of esters is 2. The molecule has 310 valence electrons. The molecule has 0 aromatic heterocycles. The van der Waals surface area contributed by atoms with Crippen LogP contribution in [-0.4, -0.2) is 74.2 Å². The quantitative estimate of drug-likeness (QED) is 0.0189. The fourth-order valence-electron chi connectivity index (χ4n) is 6.61. The van der Waals surface area contributed by atoms with Crippen molar-refractivity contribution >= 4 is 11.9 Å². The highest BCUT2D eigenvalue weighted by Gasteiger charge is 2.70. The molecule has 1 aliphatic heterocycles. The first-order chi connectivity index (χ1) is 25.6. The number of unbranched alkanes of at least 4 members (excludes halogenated alkanes) is 21. The zero-order valence-corrected chi connectivity index (χ0v) is 33.7. The van der Waals surface area contributed by atoms with Gasteiger partial charge in [-0.25, -0.2) is 0 Å². The van der Waals surface area contributed by atoms with Crippen molar-refractivity contribution in [3.05, 3.63) is 24.3 Å². The molecule has 1 saturated heterocycles. The van der Waals surface area contributed by atoms with Crippen LogP contribution in [0.1, 0.15) is 194 Å². The minimum atomic E-state index is -3.36. The van der Waals surface area contributed by atoms with Crippen LogP contribution < -0.4 is 0 Å². The van der Waals surface area contributed by atoms with Crippen molar-refractivity contribution < 1.29 is 49.3 Å². The van der Waals surface area contributed by atoms with E-state index in [0.717, 1.165) is 77.0 Å². The molecule has 0 aromatic rings. The van der Waals surface area contributed by atoms with E-state index in [4.69, 9.17) is 14.2 Å². The van der Waals surface area contributed by atoms with Crippen LogP contribution in [0.4, 0.5) is 0 Å². The third kappa shape index (κ3) is 20.6. The highest BCUT2D eigenvalue weighted by Crippen LogP contribution is 2.40. The summed E-state index contributed by atoms with van der Waals surface area (Å²) in [5.41, 5.74) is 0. The maximum absolute atomic E-state index is 13.0. The van der Waals surface area contributed by atoms with Crippen molar-refractivity contribution in [1.29, 1.82) is 0 Å².